The maximum absolute atomic E-state index is 12.2. The Hall–Kier alpha value is -2.53. The van der Waals surface area contributed by atoms with Gasteiger partial charge in [0.2, 0.25) is 5.91 Å². The van der Waals surface area contributed by atoms with E-state index in [1.165, 1.54) is 11.3 Å². The minimum Gasteiger partial charge on any atom is -0.325 e. The van der Waals surface area contributed by atoms with Crippen LogP contribution in [0, 0.1) is 13.8 Å². The molecule has 23 heavy (non-hydrogen) atoms. The Bertz CT molecular complexity index is 827. The summed E-state index contributed by atoms with van der Waals surface area (Å²) < 4.78 is 0. The molecule has 1 aromatic carbocycles. The molecule has 0 aliphatic heterocycles. The number of aromatic nitrogens is 2. The van der Waals surface area contributed by atoms with Crippen molar-refractivity contribution in [1.29, 1.82) is 0 Å². The molecular weight excluding hydrogens is 306 g/mol. The van der Waals surface area contributed by atoms with Gasteiger partial charge in [-0.25, -0.2) is 4.98 Å². The third kappa shape index (κ3) is 3.63. The number of nitrogens with one attached hydrogen (secondary N) is 1. The molecule has 5 heteroatoms. The van der Waals surface area contributed by atoms with Gasteiger partial charge in [-0.3, -0.25) is 9.78 Å². The highest BCUT2D eigenvalue weighted by Gasteiger charge is 2.10. The zero-order valence-corrected chi connectivity index (χ0v) is 13.9. The molecule has 0 radical (unpaired) electrons. The van der Waals surface area contributed by atoms with Crippen molar-refractivity contribution in [2.24, 2.45) is 0 Å². The molecule has 0 fully saturated rings. The molecular formula is C18H17N3OS. The molecule has 116 valence electrons. The SMILES string of the molecule is Cc1cccc(NC(=O)Cc2csc(-c3cccnc3)n2)c1C. The Morgan fingerprint density at radius 2 is 2.09 bits per heavy atom. The number of benzene rings is 1. The van der Waals surface area contributed by atoms with Crippen LogP contribution in [0.3, 0.4) is 0 Å². The predicted octanol–water partition coefficient (Wildman–Crippen LogP) is 4.00. The van der Waals surface area contributed by atoms with Gasteiger partial charge in [-0.2, -0.15) is 0 Å². The Balaban J connectivity index is 1.69. The van der Waals surface area contributed by atoms with Crippen LogP contribution < -0.4 is 5.32 Å². The molecule has 1 amide bonds. The normalized spacial score (nSPS) is 10.5. The molecule has 0 aliphatic carbocycles. The largest absolute Gasteiger partial charge is 0.325 e. The number of anilines is 1. The lowest BCUT2D eigenvalue weighted by atomic mass is 10.1. The Labute approximate surface area is 139 Å². The molecule has 0 spiro atoms. The van der Waals surface area contributed by atoms with Gasteiger partial charge >= 0.3 is 0 Å². The number of pyridine rings is 1. The monoisotopic (exact) mass is 323 g/mol. The van der Waals surface area contributed by atoms with Gasteiger partial charge in [-0.15, -0.1) is 11.3 Å². The topological polar surface area (TPSA) is 54.9 Å². The number of aryl methyl sites for hydroxylation is 1. The summed E-state index contributed by atoms with van der Waals surface area (Å²) in [6.07, 6.45) is 3.78. The Kier molecular flexibility index (Phi) is 4.48. The summed E-state index contributed by atoms with van der Waals surface area (Å²) >= 11 is 1.53. The highest BCUT2D eigenvalue weighted by molar-refractivity contribution is 7.13. The highest BCUT2D eigenvalue weighted by Crippen LogP contribution is 2.23. The van der Waals surface area contributed by atoms with Crippen molar-refractivity contribution in [3.05, 3.63) is 64.9 Å². The number of thiazole rings is 1. The molecule has 0 saturated heterocycles. The first-order valence-electron chi connectivity index (χ1n) is 7.34. The van der Waals surface area contributed by atoms with Crippen LogP contribution in [0.4, 0.5) is 5.69 Å². The van der Waals surface area contributed by atoms with Crippen LogP contribution in [0.2, 0.25) is 0 Å². The molecule has 0 bridgehead atoms. The van der Waals surface area contributed by atoms with E-state index in [-0.39, 0.29) is 12.3 Å². The zero-order valence-electron chi connectivity index (χ0n) is 13.0. The van der Waals surface area contributed by atoms with Crippen LogP contribution in [0.15, 0.2) is 48.1 Å². The number of rotatable bonds is 4. The first kappa shape index (κ1) is 15.4. The quantitative estimate of drug-likeness (QED) is 0.789. The summed E-state index contributed by atoms with van der Waals surface area (Å²) in [5.41, 5.74) is 4.86. The Morgan fingerprint density at radius 3 is 2.87 bits per heavy atom. The second kappa shape index (κ2) is 6.71. The molecule has 2 heterocycles. The van der Waals surface area contributed by atoms with Crippen LogP contribution in [0.1, 0.15) is 16.8 Å². The van der Waals surface area contributed by atoms with Crippen LogP contribution in [0.5, 0.6) is 0 Å². The molecule has 0 unspecified atom stereocenters. The molecule has 0 aliphatic rings. The lowest BCUT2D eigenvalue weighted by Crippen LogP contribution is -2.15. The fraction of sp³-hybridized carbons (Fsp3) is 0.167. The van der Waals surface area contributed by atoms with Crippen LogP contribution >= 0.6 is 11.3 Å². The summed E-state index contributed by atoms with van der Waals surface area (Å²) in [5.74, 6) is -0.0539. The van der Waals surface area contributed by atoms with Gasteiger partial charge in [0.15, 0.2) is 0 Å². The number of amides is 1. The number of hydrogen-bond donors (Lipinski definition) is 1. The van der Waals surface area contributed by atoms with Crippen molar-refractivity contribution in [1.82, 2.24) is 9.97 Å². The third-order valence-corrected chi connectivity index (χ3v) is 4.62. The minimum atomic E-state index is -0.0539. The van der Waals surface area contributed by atoms with E-state index in [4.69, 9.17) is 0 Å². The van der Waals surface area contributed by atoms with E-state index in [1.807, 2.05) is 49.6 Å². The van der Waals surface area contributed by atoms with E-state index in [0.29, 0.717) is 0 Å². The summed E-state index contributed by atoms with van der Waals surface area (Å²) in [7, 11) is 0. The van der Waals surface area contributed by atoms with E-state index < -0.39 is 0 Å². The van der Waals surface area contributed by atoms with Gasteiger partial charge in [-0.05, 0) is 43.2 Å². The second-order valence-electron chi connectivity index (χ2n) is 5.36. The van der Waals surface area contributed by atoms with Crippen LogP contribution in [-0.4, -0.2) is 15.9 Å². The van der Waals surface area contributed by atoms with E-state index in [2.05, 4.69) is 15.3 Å². The smallest absolute Gasteiger partial charge is 0.230 e. The predicted molar refractivity (Wildman–Crippen MR) is 93.6 cm³/mol. The summed E-state index contributed by atoms with van der Waals surface area (Å²) in [6.45, 7) is 4.04. The average molecular weight is 323 g/mol. The van der Waals surface area contributed by atoms with Gasteiger partial charge in [0.05, 0.1) is 12.1 Å². The molecule has 3 rings (SSSR count). The van der Waals surface area contributed by atoms with Gasteiger partial charge in [0.1, 0.15) is 5.01 Å². The maximum Gasteiger partial charge on any atom is 0.230 e. The Morgan fingerprint density at radius 1 is 1.22 bits per heavy atom. The molecule has 0 atom stereocenters. The maximum atomic E-state index is 12.2. The fourth-order valence-corrected chi connectivity index (χ4v) is 3.07. The van der Waals surface area contributed by atoms with Crippen molar-refractivity contribution >= 4 is 22.9 Å². The zero-order chi connectivity index (χ0) is 16.2. The molecule has 4 nitrogen and oxygen atoms in total. The number of nitrogens with zero attached hydrogens (tertiary/aromatic N) is 2. The molecule has 1 N–H and O–H groups in total. The number of carbonyl (C=O) groups excluding carboxylic acids is 1. The first-order valence-corrected chi connectivity index (χ1v) is 8.22. The van der Waals surface area contributed by atoms with E-state index >= 15 is 0 Å². The van der Waals surface area contributed by atoms with Crippen LogP contribution in [0.25, 0.3) is 10.6 Å². The second-order valence-corrected chi connectivity index (χ2v) is 6.22. The third-order valence-electron chi connectivity index (χ3n) is 3.68. The number of hydrogen-bond acceptors (Lipinski definition) is 4. The summed E-state index contributed by atoms with van der Waals surface area (Å²) in [6, 6.07) is 9.74. The van der Waals surface area contributed by atoms with Crippen molar-refractivity contribution in [2.45, 2.75) is 20.3 Å². The highest BCUT2D eigenvalue weighted by atomic mass is 32.1. The molecule has 3 aromatic rings. The standard InChI is InChI=1S/C18H17N3OS/c1-12-5-3-7-16(13(12)2)21-17(22)9-15-11-23-18(20-15)14-6-4-8-19-10-14/h3-8,10-11H,9H2,1-2H3,(H,21,22). The van der Waals surface area contributed by atoms with Crippen molar-refractivity contribution in [2.75, 3.05) is 5.32 Å². The van der Waals surface area contributed by atoms with Gasteiger partial charge in [0.25, 0.3) is 0 Å². The first-order chi connectivity index (χ1) is 11.1. The number of carbonyl (C=O) groups is 1. The average Bonchev–Trinajstić information content (AvgIpc) is 3.01. The van der Waals surface area contributed by atoms with Gasteiger partial charge in [0, 0.05) is 29.0 Å². The van der Waals surface area contributed by atoms with E-state index in [9.17, 15) is 4.79 Å². The fourth-order valence-electron chi connectivity index (χ4n) is 2.26. The minimum absolute atomic E-state index is 0.0539. The van der Waals surface area contributed by atoms with Gasteiger partial charge < -0.3 is 5.32 Å². The summed E-state index contributed by atoms with van der Waals surface area (Å²) in [4.78, 5) is 20.8. The summed E-state index contributed by atoms with van der Waals surface area (Å²) in [5, 5.41) is 5.77. The molecule has 0 saturated carbocycles. The van der Waals surface area contributed by atoms with E-state index in [1.54, 1.807) is 12.4 Å². The lowest BCUT2D eigenvalue weighted by Gasteiger charge is -2.09. The van der Waals surface area contributed by atoms with Gasteiger partial charge in [-0.1, -0.05) is 12.1 Å². The van der Waals surface area contributed by atoms with E-state index in [0.717, 1.165) is 33.1 Å². The van der Waals surface area contributed by atoms with Crippen LogP contribution in [-0.2, 0) is 11.2 Å². The van der Waals surface area contributed by atoms with Crippen molar-refractivity contribution < 1.29 is 4.79 Å². The lowest BCUT2D eigenvalue weighted by molar-refractivity contribution is -0.115. The molecule has 2 aromatic heterocycles. The van der Waals surface area contributed by atoms with Crippen molar-refractivity contribution in [3.8, 4) is 10.6 Å². The van der Waals surface area contributed by atoms with Crippen molar-refractivity contribution in [3.63, 3.8) is 0 Å².